The van der Waals surface area contributed by atoms with Crippen LogP contribution in [0.4, 0.5) is 4.79 Å². The first-order valence-electron chi connectivity index (χ1n) is 15.6. The second kappa shape index (κ2) is 15.2. The summed E-state index contributed by atoms with van der Waals surface area (Å²) in [4.78, 5) is 32.6. The van der Waals surface area contributed by atoms with Crippen molar-refractivity contribution < 1.29 is 27.9 Å². The van der Waals surface area contributed by atoms with E-state index in [1.54, 1.807) is 0 Å². The van der Waals surface area contributed by atoms with E-state index >= 15 is 0 Å². The molecular weight excluding hydrogens is 604 g/mol. The van der Waals surface area contributed by atoms with Crippen LogP contribution in [0.1, 0.15) is 55.9 Å². The Hall–Kier alpha value is -3.80. The number of aliphatic hydroxyl groups excluding tert-OH is 1. The Balaban J connectivity index is 1.53. The summed E-state index contributed by atoms with van der Waals surface area (Å²) in [6, 6.07) is 16.8. The minimum absolute atomic E-state index is 0.0406. The highest BCUT2D eigenvalue weighted by atomic mass is 32.2. The number of hydrogen-bond acceptors (Lipinski definition) is 8. The molecule has 3 N–H and O–H groups in total. The van der Waals surface area contributed by atoms with Gasteiger partial charge in [0.15, 0.2) is 9.84 Å². The first kappa shape index (κ1) is 35.1. The predicted molar refractivity (Wildman–Crippen MR) is 177 cm³/mol. The number of alkyl carbamates (subject to hydrolysis) is 1. The monoisotopic (exact) mass is 650 g/mol. The number of nitrogens with zero attached hydrogens (tertiary/aromatic N) is 2. The number of carbonyl (C=O) groups is 2. The van der Waals surface area contributed by atoms with Gasteiger partial charge in [0.05, 0.1) is 28.3 Å². The third-order valence-corrected chi connectivity index (χ3v) is 10.6. The summed E-state index contributed by atoms with van der Waals surface area (Å²) in [5, 5.41) is 16.7. The van der Waals surface area contributed by atoms with E-state index < -0.39 is 44.9 Å². The Labute approximate surface area is 272 Å². The van der Waals surface area contributed by atoms with Gasteiger partial charge in [-0.3, -0.25) is 14.7 Å². The van der Waals surface area contributed by atoms with Crippen molar-refractivity contribution in [2.75, 3.05) is 13.1 Å². The third kappa shape index (κ3) is 9.37. The molecule has 3 aromatic rings. The Morgan fingerprint density at radius 2 is 1.67 bits per heavy atom. The summed E-state index contributed by atoms with van der Waals surface area (Å²) >= 11 is 0. The highest BCUT2D eigenvalue weighted by Gasteiger charge is 2.41. The van der Waals surface area contributed by atoms with Gasteiger partial charge in [0.25, 0.3) is 0 Å². The van der Waals surface area contributed by atoms with E-state index in [-0.39, 0.29) is 43.3 Å². The molecule has 0 radical (unpaired) electrons. The molecule has 1 fully saturated rings. The molecule has 0 unspecified atom stereocenters. The summed E-state index contributed by atoms with van der Waals surface area (Å²) < 4.78 is 32.6. The van der Waals surface area contributed by atoms with Gasteiger partial charge < -0.3 is 20.5 Å². The second-order valence-electron chi connectivity index (χ2n) is 13.1. The Kier molecular flexibility index (Phi) is 11.6. The molecule has 0 saturated carbocycles. The van der Waals surface area contributed by atoms with Gasteiger partial charge in [-0.25, -0.2) is 13.2 Å². The van der Waals surface area contributed by atoms with Crippen molar-refractivity contribution in [3.63, 3.8) is 0 Å². The fourth-order valence-corrected chi connectivity index (χ4v) is 7.59. The highest BCUT2D eigenvalue weighted by molar-refractivity contribution is 7.92. The number of carbonyl (C=O) groups excluding carboxylic acids is 2. The molecule has 2 aromatic carbocycles. The highest BCUT2D eigenvalue weighted by Crippen LogP contribution is 2.29. The van der Waals surface area contributed by atoms with E-state index in [4.69, 9.17) is 4.74 Å². The molecule has 1 aliphatic rings. The van der Waals surface area contributed by atoms with Crippen LogP contribution in [-0.4, -0.2) is 77.5 Å². The SMILES string of the molecule is Cc1cccc(C)c1COC(=O)N[C@@H](Cc1ccccc1)[C@H](O)CN1CC[C@@H](S(=O)(=O)c2ccncc2)C[C@H]1C(=O)NC(C)(C)C. The minimum Gasteiger partial charge on any atom is -0.445 e. The van der Waals surface area contributed by atoms with Crippen LogP contribution in [0.3, 0.4) is 0 Å². The zero-order valence-electron chi connectivity index (χ0n) is 27.3. The van der Waals surface area contributed by atoms with Crippen molar-refractivity contribution in [2.45, 2.75) is 94.4 Å². The van der Waals surface area contributed by atoms with Crippen LogP contribution in [0.2, 0.25) is 0 Å². The van der Waals surface area contributed by atoms with Crippen LogP contribution in [0, 0.1) is 13.8 Å². The quantitative estimate of drug-likeness (QED) is 0.282. The number of sulfone groups is 1. The van der Waals surface area contributed by atoms with Gasteiger partial charge in [0.1, 0.15) is 6.61 Å². The number of hydrogen-bond donors (Lipinski definition) is 3. The number of ether oxygens (including phenoxy) is 1. The summed E-state index contributed by atoms with van der Waals surface area (Å²) in [6.07, 6.45) is 1.80. The van der Waals surface area contributed by atoms with Crippen LogP contribution in [0.25, 0.3) is 0 Å². The van der Waals surface area contributed by atoms with Crippen molar-refractivity contribution >= 4 is 21.8 Å². The number of aromatic nitrogens is 1. The topological polar surface area (TPSA) is 138 Å². The van der Waals surface area contributed by atoms with Gasteiger partial charge in [-0.1, -0.05) is 48.5 Å². The summed E-state index contributed by atoms with van der Waals surface area (Å²) in [5.41, 5.74) is 3.32. The van der Waals surface area contributed by atoms with E-state index in [2.05, 4.69) is 15.6 Å². The normalized spacial score (nSPS) is 18.7. The maximum Gasteiger partial charge on any atom is 0.407 e. The molecule has 1 aliphatic heterocycles. The maximum absolute atomic E-state index is 13.6. The van der Waals surface area contributed by atoms with Crippen molar-refractivity contribution in [1.29, 1.82) is 0 Å². The Morgan fingerprint density at radius 3 is 2.30 bits per heavy atom. The molecule has 0 aliphatic carbocycles. The van der Waals surface area contributed by atoms with Crippen LogP contribution in [-0.2, 0) is 32.4 Å². The van der Waals surface area contributed by atoms with Crippen molar-refractivity contribution in [2.24, 2.45) is 0 Å². The van der Waals surface area contributed by atoms with Crippen LogP contribution in [0.5, 0.6) is 0 Å². The number of amides is 2. The summed E-state index contributed by atoms with van der Waals surface area (Å²) in [6.45, 7) is 9.91. The number of piperidine rings is 1. The van der Waals surface area contributed by atoms with Gasteiger partial charge in [-0.2, -0.15) is 0 Å². The number of aryl methyl sites for hydroxylation is 2. The first-order valence-corrected chi connectivity index (χ1v) is 17.2. The van der Waals surface area contributed by atoms with E-state index in [1.807, 2.05) is 88.0 Å². The molecule has 0 bridgehead atoms. The van der Waals surface area contributed by atoms with Crippen molar-refractivity contribution in [3.8, 4) is 0 Å². The molecule has 1 saturated heterocycles. The number of nitrogens with one attached hydrogen (secondary N) is 2. The molecule has 10 nitrogen and oxygen atoms in total. The van der Waals surface area contributed by atoms with E-state index in [0.29, 0.717) is 6.42 Å². The molecule has 1 aromatic heterocycles. The van der Waals surface area contributed by atoms with Crippen molar-refractivity contribution in [1.82, 2.24) is 20.5 Å². The van der Waals surface area contributed by atoms with Gasteiger partial charge in [-0.05, 0) is 88.3 Å². The molecule has 11 heteroatoms. The summed E-state index contributed by atoms with van der Waals surface area (Å²) in [7, 11) is -3.72. The van der Waals surface area contributed by atoms with Crippen LogP contribution < -0.4 is 10.6 Å². The van der Waals surface area contributed by atoms with Gasteiger partial charge in [-0.15, -0.1) is 0 Å². The Morgan fingerprint density at radius 1 is 1.02 bits per heavy atom. The number of aliphatic hydroxyl groups is 1. The number of β-amino-alcohol motifs (C(OH)–C–C–N with tert-alkyl or cyclic N) is 1. The first-order chi connectivity index (χ1) is 21.7. The lowest BCUT2D eigenvalue weighted by Gasteiger charge is -2.41. The maximum atomic E-state index is 13.6. The fraction of sp³-hybridized carbons (Fsp3) is 0.457. The van der Waals surface area contributed by atoms with Gasteiger partial charge in [0, 0.05) is 31.0 Å². The summed E-state index contributed by atoms with van der Waals surface area (Å²) in [5.74, 6) is -0.310. The molecule has 248 valence electrons. The largest absolute Gasteiger partial charge is 0.445 e. The number of rotatable bonds is 11. The number of benzene rings is 2. The minimum atomic E-state index is -3.72. The van der Waals surface area contributed by atoms with Crippen LogP contribution >= 0.6 is 0 Å². The molecule has 2 heterocycles. The second-order valence-corrected chi connectivity index (χ2v) is 15.3. The number of likely N-dealkylation sites (tertiary alicyclic amines) is 1. The van der Waals surface area contributed by atoms with Gasteiger partial charge in [0.2, 0.25) is 5.91 Å². The molecular formula is C35H46N4O6S. The molecule has 2 amide bonds. The average Bonchev–Trinajstić information content (AvgIpc) is 3.00. The zero-order valence-corrected chi connectivity index (χ0v) is 28.1. The lowest BCUT2D eigenvalue weighted by Crippen LogP contribution is -2.59. The van der Waals surface area contributed by atoms with E-state index in [9.17, 15) is 23.1 Å². The molecule has 46 heavy (non-hydrogen) atoms. The molecule has 4 atom stereocenters. The van der Waals surface area contributed by atoms with E-state index in [1.165, 1.54) is 24.5 Å². The average molecular weight is 651 g/mol. The third-order valence-electron chi connectivity index (χ3n) is 8.36. The number of pyridine rings is 1. The predicted octanol–water partition coefficient (Wildman–Crippen LogP) is 4.12. The standard InChI is InChI=1S/C35H46N4O6S/c1-24-10-9-11-25(2)29(24)23-45-34(42)37-30(20-26-12-7-6-8-13-26)32(40)22-39-19-16-28(21-31(39)33(41)38-35(3,4)5)46(43,44)27-14-17-36-18-15-27/h6-15,17-18,28,30-32,40H,16,19-23H2,1-5H3,(H,37,42)(H,38,41)/t28-,30+,31+,32-/m1/s1. The lowest BCUT2D eigenvalue weighted by atomic mass is 9.96. The molecule has 4 rings (SSSR count). The fourth-order valence-electron chi connectivity index (χ4n) is 5.85. The lowest BCUT2D eigenvalue weighted by molar-refractivity contribution is -0.129. The van der Waals surface area contributed by atoms with Crippen LogP contribution in [0.15, 0.2) is 78.0 Å². The smallest absolute Gasteiger partial charge is 0.407 e. The zero-order chi connectivity index (χ0) is 33.5. The van der Waals surface area contributed by atoms with Crippen molar-refractivity contribution in [3.05, 3.63) is 95.3 Å². The molecule has 0 spiro atoms. The van der Waals surface area contributed by atoms with E-state index in [0.717, 1.165) is 22.3 Å². The van der Waals surface area contributed by atoms with Gasteiger partial charge >= 0.3 is 6.09 Å². The Bertz CT molecular complexity index is 1560.